The van der Waals surface area contributed by atoms with E-state index in [-0.39, 0.29) is 22.6 Å². The Bertz CT molecular complexity index is 903. The fraction of sp³-hybridized carbons (Fsp3) is 0.412. The molecule has 162 valence electrons. The molecule has 0 radical (unpaired) electrons. The van der Waals surface area contributed by atoms with E-state index in [2.05, 4.69) is 9.97 Å². The lowest BCUT2D eigenvalue weighted by Gasteiger charge is -2.47. The summed E-state index contributed by atoms with van der Waals surface area (Å²) < 4.78 is 55.8. The predicted octanol–water partition coefficient (Wildman–Crippen LogP) is 2.62. The number of alkyl halides is 3. The first-order chi connectivity index (χ1) is 14.1. The third-order valence-electron chi connectivity index (χ3n) is 4.32. The minimum atomic E-state index is -5.08. The number of rotatable bonds is 3. The molecule has 2 aromatic heterocycles. The van der Waals surface area contributed by atoms with Gasteiger partial charge in [0.2, 0.25) is 0 Å². The number of hydrogen-bond donors (Lipinski definition) is 1. The number of carbonyl (C=O) groups excluding carboxylic acids is 1. The number of oxazole rings is 1. The summed E-state index contributed by atoms with van der Waals surface area (Å²) in [5.41, 5.74) is 0.325. The van der Waals surface area contributed by atoms with E-state index in [0.717, 1.165) is 12.2 Å². The Morgan fingerprint density at radius 1 is 1.33 bits per heavy atom. The van der Waals surface area contributed by atoms with Gasteiger partial charge in [0.05, 0.1) is 4.75 Å². The Morgan fingerprint density at radius 3 is 2.60 bits per heavy atom. The molecule has 1 unspecified atom stereocenters. The highest BCUT2D eigenvalue weighted by Crippen LogP contribution is 2.46. The van der Waals surface area contributed by atoms with E-state index in [1.807, 2.05) is 0 Å². The number of hydrogen-bond acceptors (Lipinski definition) is 7. The Labute approximate surface area is 171 Å². The number of nitrogens with zero attached hydrogens (tertiary/aromatic N) is 3. The van der Waals surface area contributed by atoms with Crippen LogP contribution in [0.3, 0.4) is 0 Å². The molecule has 8 nitrogen and oxygen atoms in total. The zero-order valence-electron chi connectivity index (χ0n) is 15.1. The zero-order chi connectivity index (χ0) is 21.9. The fourth-order valence-corrected chi connectivity index (χ4v) is 4.51. The van der Waals surface area contributed by atoms with Crippen LogP contribution in [-0.2, 0) is 4.79 Å². The van der Waals surface area contributed by atoms with E-state index < -0.39 is 18.0 Å². The SMILES string of the molecule is O=C(O)C(F)(F)F.O=C(c1cocn1)N1CC2(CC(Oc3ncccc3F)CS2)C1. The molecule has 0 aromatic carbocycles. The van der Waals surface area contributed by atoms with Crippen LogP contribution < -0.4 is 4.74 Å². The third-order valence-corrected chi connectivity index (χ3v) is 5.89. The number of carboxylic acid groups (broad SMARTS) is 1. The molecular formula is C17H15F4N3O5S. The maximum Gasteiger partial charge on any atom is 0.490 e. The van der Waals surface area contributed by atoms with Gasteiger partial charge in [-0.2, -0.15) is 13.2 Å². The van der Waals surface area contributed by atoms with Crippen molar-refractivity contribution in [3.05, 3.63) is 42.5 Å². The quantitative estimate of drug-likeness (QED) is 0.713. The lowest BCUT2D eigenvalue weighted by molar-refractivity contribution is -0.192. The summed E-state index contributed by atoms with van der Waals surface area (Å²) in [6.07, 6.45) is -0.286. The Kier molecular flexibility index (Phi) is 6.19. The van der Waals surface area contributed by atoms with Crippen LogP contribution in [-0.4, -0.2) is 67.7 Å². The van der Waals surface area contributed by atoms with Gasteiger partial charge >= 0.3 is 12.1 Å². The predicted molar refractivity (Wildman–Crippen MR) is 94.5 cm³/mol. The monoisotopic (exact) mass is 449 g/mol. The molecular weight excluding hydrogens is 434 g/mol. The van der Waals surface area contributed by atoms with Crippen molar-refractivity contribution in [2.75, 3.05) is 18.8 Å². The average Bonchev–Trinajstić information content (AvgIpc) is 3.32. The first-order valence-corrected chi connectivity index (χ1v) is 9.47. The highest BCUT2D eigenvalue weighted by Gasteiger charge is 2.51. The molecule has 1 N–H and O–H groups in total. The van der Waals surface area contributed by atoms with Crippen molar-refractivity contribution >= 4 is 23.6 Å². The van der Waals surface area contributed by atoms with Crippen LogP contribution in [0.5, 0.6) is 5.88 Å². The van der Waals surface area contributed by atoms with Gasteiger partial charge in [0, 0.05) is 31.5 Å². The molecule has 2 aromatic rings. The summed E-state index contributed by atoms with van der Waals surface area (Å²) in [6, 6.07) is 2.87. The van der Waals surface area contributed by atoms with Crippen LogP contribution in [0.1, 0.15) is 16.9 Å². The summed E-state index contributed by atoms with van der Waals surface area (Å²) >= 11 is 1.77. The second-order valence-corrected chi connectivity index (χ2v) is 8.05. The summed E-state index contributed by atoms with van der Waals surface area (Å²) in [4.78, 5) is 30.6. The van der Waals surface area contributed by atoms with Crippen molar-refractivity contribution in [3.63, 3.8) is 0 Å². The minimum absolute atomic E-state index is 0.00464. The van der Waals surface area contributed by atoms with E-state index in [9.17, 15) is 22.4 Å². The van der Waals surface area contributed by atoms with Crippen LogP contribution >= 0.6 is 11.8 Å². The van der Waals surface area contributed by atoms with Gasteiger partial charge in [-0.15, -0.1) is 11.8 Å². The van der Waals surface area contributed by atoms with Crippen molar-refractivity contribution < 1.29 is 41.4 Å². The molecule has 0 aliphatic carbocycles. The molecule has 13 heteroatoms. The van der Waals surface area contributed by atoms with Gasteiger partial charge < -0.3 is 19.2 Å². The van der Waals surface area contributed by atoms with E-state index >= 15 is 0 Å². The number of amides is 1. The number of likely N-dealkylation sites (tertiary alicyclic amines) is 1. The van der Waals surface area contributed by atoms with Gasteiger partial charge in [0.25, 0.3) is 11.8 Å². The van der Waals surface area contributed by atoms with Gasteiger partial charge in [-0.25, -0.2) is 19.2 Å². The number of halogens is 4. The number of carbonyl (C=O) groups is 2. The number of carboxylic acids is 1. The Balaban J connectivity index is 0.000000318. The average molecular weight is 449 g/mol. The molecule has 2 aliphatic heterocycles. The van der Waals surface area contributed by atoms with Crippen molar-refractivity contribution in [1.82, 2.24) is 14.9 Å². The first-order valence-electron chi connectivity index (χ1n) is 8.48. The molecule has 4 heterocycles. The first kappa shape index (κ1) is 21.9. The zero-order valence-corrected chi connectivity index (χ0v) is 16.0. The van der Waals surface area contributed by atoms with Crippen molar-refractivity contribution in [2.45, 2.75) is 23.4 Å². The topological polar surface area (TPSA) is 106 Å². The van der Waals surface area contributed by atoms with E-state index in [1.54, 1.807) is 16.7 Å². The van der Waals surface area contributed by atoms with Crippen LogP contribution in [0.15, 0.2) is 35.4 Å². The molecule has 30 heavy (non-hydrogen) atoms. The van der Waals surface area contributed by atoms with E-state index in [4.69, 9.17) is 19.1 Å². The largest absolute Gasteiger partial charge is 0.490 e. The lowest BCUT2D eigenvalue weighted by Crippen LogP contribution is -2.60. The minimum Gasteiger partial charge on any atom is -0.475 e. The molecule has 1 atom stereocenters. The Morgan fingerprint density at radius 2 is 2.03 bits per heavy atom. The van der Waals surface area contributed by atoms with Crippen LogP contribution in [0.2, 0.25) is 0 Å². The van der Waals surface area contributed by atoms with Crippen LogP contribution in [0.25, 0.3) is 0 Å². The van der Waals surface area contributed by atoms with E-state index in [1.165, 1.54) is 31.0 Å². The molecule has 0 bridgehead atoms. The summed E-state index contributed by atoms with van der Waals surface area (Å²) in [6.45, 7) is 1.29. The standard InChI is InChI=1S/C15H14FN3O3S.C2HF3O2/c16-11-2-1-3-17-13(11)22-10-4-15(23-6-10)7-19(8-15)14(20)12-5-21-9-18-12;3-2(4,5)1(6)7/h1-3,5,9-10H,4,6-8H2;(H,6,7). The maximum atomic E-state index is 13.6. The maximum absolute atomic E-state index is 13.6. The molecule has 2 saturated heterocycles. The number of ether oxygens (including phenoxy) is 1. The van der Waals surface area contributed by atoms with Gasteiger partial charge in [-0.1, -0.05) is 0 Å². The van der Waals surface area contributed by atoms with Crippen molar-refractivity contribution in [1.29, 1.82) is 0 Å². The fourth-order valence-electron chi connectivity index (χ4n) is 2.99. The molecule has 2 fully saturated rings. The van der Waals surface area contributed by atoms with Crippen molar-refractivity contribution in [3.8, 4) is 5.88 Å². The molecule has 4 rings (SSSR count). The van der Waals surface area contributed by atoms with Gasteiger partial charge in [-0.3, -0.25) is 4.79 Å². The number of aliphatic carboxylic acids is 1. The van der Waals surface area contributed by atoms with Gasteiger partial charge in [0.1, 0.15) is 12.4 Å². The second kappa shape index (κ2) is 8.50. The normalized spacial score (nSPS) is 19.6. The molecule has 1 amide bonds. The smallest absolute Gasteiger partial charge is 0.475 e. The second-order valence-electron chi connectivity index (χ2n) is 6.57. The lowest BCUT2D eigenvalue weighted by atomic mass is 9.92. The summed E-state index contributed by atoms with van der Waals surface area (Å²) in [5, 5.41) is 7.12. The van der Waals surface area contributed by atoms with Gasteiger partial charge in [0.15, 0.2) is 17.9 Å². The van der Waals surface area contributed by atoms with Crippen molar-refractivity contribution in [2.24, 2.45) is 0 Å². The highest BCUT2D eigenvalue weighted by molar-refractivity contribution is 8.01. The number of thioether (sulfide) groups is 1. The van der Waals surface area contributed by atoms with Gasteiger partial charge in [-0.05, 0) is 12.1 Å². The molecule has 1 spiro atoms. The summed E-state index contributed by atoms with van der Waals surface area (Å²) in [7, 11) is 0. The molecule has 0 saturated carbocycles. The van der Waals surface area contributed by atoms with Crippen LogP contribution in [0.4, 0.5) is 17.6 Å². The highest BCUT2D eigenvalue weighted by atomic mass is 32.2. The summed E-state index contributed by atoms with van der Waals surface area (Å²) in [5.74, 6) is -2.51. The third kappa shape index (κ3) is 5.01. The molecule has 2 aliphatic rings. The number of aromatic nitrogens is 2. The van der Waals surface area contributed by atoms with Crippen LogP contribution in [0, 0.1) is 5.82 Å². The van der Waals surface area contributed by atoms with E-state index in [0.29, 0.717) is 18.8 Å². The number of pyridine rings is 1. The Hall–Kier alpha value is -2.83.